The van der Waals surface area contributed by atoms with Gasteiger partial charge in [-0.15, -0.1) is 13.2 Å². The van der Waals surface area contributed by atoms with Gasteiger partial charge in [0, 0.05) is 5.92 Å². The Balaban J connectivity index is 4.44. The van der Waals surface area contributed by atoms with Crippen LogP contribution in [-0.4, -0.2) is 17.4 Å². The Morgan fingerprint density at radius 1 is 1.36 bits per heavy atom. The van der Waals surface area contributed by atoms with Gasteiger partial charge < -0.3 is 9.90 Å². The minimum Gasteiger partial charge on any atom is -0.481 e. The van der Waals surface area contributed by atoms with Crippen molar-refractivity contribution in [2.24, 2.45) is 11.8 Å². The summed E-state index contributed by atoms with van der Waals surface area (Å²) in [6.07, 6.45) is 3.07. The van der Waals surface area contributed by atoms with Crippen LogP contribution in [0.2, 0.25) is 0 Å². The molecule has 1 N–H and O–H groups in total. The first-order valence-corrected chi connectivity index (χ1v) is 3.10. The average molecular weight is 154 g/mol. The van der Waals surface area contributed by atoms with Gasteiger partial charge >= 0.3 is 5.97 Å². The van der Waals surface area contributed by atoms with E-state index >= 15 is 0 Å². The molecule has 0 bridgehead atoms. The predicted molar refractivity (Wildman–Crippen MR) is 41.1 cm³/mol. The lowest BCUT2D eigenvalue weighted by Crippen LogP contribution is -2.20. The normalized spacial score (nSPS) is 14.5. The van der Waals surface area contributed by atoms with E-state index in [9.17, 15) is 9.59 Å². The second-order valence-corrected chi connectivity index (χ2v) is 2.05. The van der Waals surface area contributed by atoms with Crippen LogP contribution in [0.4, 0.5) is 0 Å². The number of rotatable bonds is 5. The zero-order valence-electron chi connectivity index (χ0n) is 6.06. The van der Waals surface area contributed by atoms with Crippen LogP contribution in [0.1, 0.15) is 0 Å². The first-order chi connectivity index (χ1) is 5.17. The minimum atomic E-state index is -1.06. The number of carboxylic acid groups (broad SMARTS) is 1. The molecule has 0 fully saturated rings. The van der Waals surface area contributed by atoms with E-state index in [0.29, 0.717) is 6.29 Å². The fourth-order valence-corrected chi connectivity index (χ4v) is 0.709. The largest absolute Gasteiger partial charge is 0.481 e. The molecule has 0 aliphatic rings. The summed E-state index contributed by atoms with van der Waals surface area (Å²) in [5.74, 6) is -2.59. The third-order valence-corrected chi connectivity index (χ3v) is 1.38. The summed E-state index contributed by atoms with van der Waals surface area (Å²) in [7, 11) is 0. The molecule has 0 aromatic rings. The average Bonchev–Trinajstić information content (AvgIpc) is 1.99. The van der Waals surface area contributed by atoms with Gasteiger partial charge in [0.05, 0.1) is 5.92 Å². The number of carboxylic acids is 1. The van der Waals surface area contributed by atoms with Crippen molar-refractivity contribution in [3.8, 4) is 0 Å². The van der Waals surface area contributed by atoms with E-state index in [-0.39, 0.29) is 0 Å². The molecule has 11 heavy (non-hydrogen) atoms. The Morgan fingerprint density at radius 3 is 2.00 bits per heavy atom. The smallest absolute Gasteiger partial charge is 0.311 e. The molecule has 0 saturated carbocycles. The number of aldehydes is 1. The fraction of sp³-hybridized carbons (Fsp3) is 0.250. The van der Waals surface area contributed by atoms with Gasteiger partial charge in [0.2, 0.25) is 0 Å². The number of carbonyl (C=O) groups is 2. The van der Waals surface area contributed by atoms with E-state index in [1.165, 1.54) is 12.2 Å². The molecular weight excluding hydrogens is 144 g/mol. The highest BCUT2D eigenvalue weighted by Crippen LogP contribution is 2.11. The van der Waals surface area contributed by atoms with Gasteiger partial charge in [-0.1, -0.05) is 12.2 Å². The number of carbonyl (C=O) groups excluding carboxylic acids is 1. The van der Waals surface area contributed by atoms with Crippen LogP contribution < -0.4 is 0 Å². The number of allylic oxidation sites excluding steroid dienone is 1. The summed E-state index contributed by atoms with van der Waals surface area (Å²) >= 11 is 0. The fourth-order valence-electron chi connectivity index (χ4n) is 0.709. The summed E-state index contributed by atoms with van der Waals surface area (Å²) < 4.78 is 0. The quantitative estimate of drug-likeness (QED) is 0.472. The van der Waals surface area contributed by atoms with Gasteiger partial charge in [0.1, 0.15) is 6.29 Å². The molecule has 0 amide bonds. The Bertz CT molecular complexity index is 176. The SMILES string of the molecule is C=CC(C=O)C(C=C)C(=O)O. The molecule has 0 aliphatic carbocycles. The molecule has 0 radical (unpaired) electrons. The van der Waals surface area contributed by atoms with Crippen LogP contribution in [0, 0.1) is 11.8 Å². The highest BCUT2D eigenvalue weighted by Gasteiger charge is 2.21. The van der Waals surface area contributed by atoms with Crippen LogP contribution >= 0.6 is 0 Å². The van der Waals surface area contributed by atoms with Crippen molar-refractivity contribution in [2.45, 2.75) is 0 Å². The van der Waals surface area contributed by atoms with E-state index in [2.05, 4.69) is 13.2 Å². The molecule has 0 saturated heterocycles. The van der Waals surface area contributed by atoms with Crippen LogP contribution in [0.3, 0.4) is 0 Å². The van der Waals surface area contributed by atoms with Crippen LogP contribution in [-0.2, 0) is 9.59 Å². The zero-order chi connectivity index (χ0) is 8.85. The minimum absolute atomic E-state index is 0.549. The van der Waals surface area contributed by atoms with E-state index in [4.69, 9.17) is 5.11 Å². The van der Waals surface area contributed by atoms with Crippen molar-refractivity contribution in [1.29, 1.82) is 0 Å². The number of aliphatic carboxylic acids is 1. The molecule has 0 rings (SSSR count). The monoisotopic (exact) mass is 154 g/mol. The lowest BCUT2D eigenvalue weighted by Gasteiger charge is -2.09. The molecule has 3 nitrogen and oxygen atoms in total. The van der Waals surface area contributed by atoms with Crippen molar-refractivity contribution in [2.75, 3.05) is 0 Å². The Kier molecular flexibility index (Phi) is 3.88. The maximum atomic E-state index is 10.4. The summed E-state index contributed by atoms with van der Waals surface area (Å²) in [6.45, 7) is 6.65. The third-order valence-electron chi connectivity index (χ3n) is 1.38. The summed E-state index contributed by atoms with van der Waals surface area (Å²) in [5, 5.41) is 8.53. The third kappa shape index (κ3) is 2.37. The van der Waals surface area contributed by atoms with Crippen molar-refractivity contribution >= 4 is 12.3 Å². The molecular formula is C8H10O3. The predicted octanol–water partition coefficient (Wildman–Crippen LogP) is 0.874. The first-order valence-electron chi connectivity index (χ1n) is 3.10. The molecule has 2 unspecified atom stereocenters. The molecule has 0 spiro atoms. The lowest BCUT2D eigenvalue weighted by molar-refractivity contribution is -0.142. The van der Waals surface area contributed by atoms with Gasteiger partial charge in [-0.2, -0.15) is 0 Å². The van der Waals surface area contributed by atoms with E-state index in [0.717, 1.165) is 0 Å². The van der Waals surface area contributed by atoms with Gasteiger partial charge in [-0.3, -0.25) is 4.79 Å². The maximum absolute atomic E-state index is 10.4. The highest BCUT2D eigenvalue weighted by molar-refractivity contribution is 5.77. The lowest BCUT2D eigenvalue weighted by atomic mass is 9.94. The van der Waals surface area contributed by atoms with Gasteiger partial charge in [-0.05, 0) is 0 Å². The highest BCUT2D eigenvalue weighted by atomic mass is 16.4. The van der Waals surface area contributed by atoms with Crippen molar-refractivity contribution in [3.05, 3.63) is 25.3 Å². The summed E-state index contributed by atoms with van der Waals surface area (Å²) in [5.41, 5.74) is 0. The Morgan fingerprint density at radius 2 is 1.91 bits per heavy atom. The second-order valence-electron chi connectivity index (χ2n) is 2.05. The van der Waals surface area contributed by atoms with Gasteiger partial charge in [0.25, 0.3) is 0 Å². The standard InChI is InChI=1S/C8H10O3/c1-3-6(5-9)7(4-2)8(10)11/h3-7H,1-2H2,(H,10,11). The molecule has 0 aliphatic heterocycles. The van der Waals surface area contributed by atoms with E-state index in [1.54, 1.807) is 0 Å². The van der Waals surface area contributed by atoms with Crippen molar-refractivity contribution < 1.29 is 14.7 Å². The number of hydrogen-bond donors (Lipinski definition) is 1. The van der Waals surface area contributed by atoms with Crippen molar-refractivity contribution in [1.82, 2.24) is 0 Å². The zero-order valence-corrected chi connectivity index (χ0v) is 6.06. The molecule has 0 heterocycles. The molecule has 2 atom stereocenters. The number of hydrogen-bond acceptors (Lipinski definition) is 2. The van der Waals surface area contributed by atoms with E-state index < -0.39 is 17.8 Å². The van der Waals surface area contributed by atoms with Crippen LogP contribution in [0.25, 0.3) is 0 Å². The van der Waals surface area contributed by atoms with Gasteiger partial charge in [-0.25, -0.2) is 0 Å². The van der Waals surface area contributed by atoms with E-state index in [1.807, 2.05) is 0 Å². The maximum Gasteiger partial charge on any atom is 0.311 e. The summed E-state index contributed by atoms with van der Waals surface area (Å²) in [6, 6.07) is 0. The first kappa shape index (κ1) is 9.62. The molecule has 0 aromatic heterocycles. The van der Waals surface area contributed by atoms with Crippen LogP contribution in [0.15, 0.2) is 25.3 Å². The van der Waals surface area contributed by atoms with Crippen molar-refractivity contribution in [3.63, 3.8) is 0 Å². The molecule has 3 heteroatoms. The Hall–Kier alpha value is -1.38. The summed E-state index contributed by atoms with van der Waals surface area (Å²) in [4.78, 5) is 20.7. The molecule has 60 valence electrons. The topological polar surface area (TPSA) is 54.4 Å². The molecule has 0 aromatic carbocycles. The van der Waals surface area contributed by atoms with Crippen LogP contribution in [0.5, 0.6) is 0 Å². The van der Waals surface area contributed by atoms with Gasteiger partial charge in [0.15, 0.2) is 0 Å². The second kappa shape index (κ2) is 4.44. The Labute approximate surface area is 65.0 Å².